The molecule has 2 N–H and O–H groups in total. The Hall–Kier alpha value is -2.90. The largest absolute Gasteiger partial charge is 0.432 e. The number of halogens is 3. The van der Waals surface area contributed by atoms with Crippen LogP contribution in [0, 0.1) is 0 Å². The number of hydrogen-bond donors (Lipinski definition) is 2. The molecule has 0 fully saturated rings. The van der Waals surface area contributed by atoms with Crippen molar-refractivity contribution in [1.82, 2.24) is 15.2 Å². The van der Waals surface area contributed by atoms with Crippen LogP contribution < -0.4 is 5.32 Å². The van der Waals surface area contributed by atoms with E-state index in [-0.39, 0.29) is 5.69 Å². The predicted octanol–water partition coefficient (Wildman–Crippen LogP) is 3.23. The summed E-state index contributed by atoms with van der Waals surface area (Å²) in [6, 6.07) is 9.61. The molecule has 5 nitrogen and oxygen atoms in total. The molecule has 0 spiro atoms. The van der Waals surface area contributed by atoms with Gasteiger partial charge in [-0.2, -0.15) is 18.3 Å². The molecule has 2 heterocycles. The Morgan fingerprint density at radius 3 is 2.68 bits per heavy atom. The predicted molar refractivity (Wildman–Crippen MR) is 73.3 cm³/mol. The van der Waals surface area contributed by atoms with E-state index in [1.807, 2.05) is 24.3 Å². The maximum absolute atomic E-state index is 12.5. The van der Waals surface area contributed by atoms with Crippen molar-refractivity contribution in [3.05, 3.63) is 54.0 Å². The molecule has 0 saturated carbocycles. The zero-order valence-corrected chi connectivity index (χ0v) is 11.0. The number of aromatic nitrogens is 3. The van der Waals surface area contributed by atoms with E-state index in [0.717, 1.165) is 10.9 Å². The zero-order chi connectivity index (χ0) is 15.7. The standard InChI is InChI=1S/C14H9F3N4O/c15-14(16,17)12-6-11(20-21-12)13(22)19-9-5-8-3-1-2-4-10(8)18-7-9/h1-7H,(H,19,22)(H,20,21). The summed E-state index contributed by atoms with van der Waals surface area (Å²) in [5.41, 5.74) is -0.297. The van der Waals surface area contributed by atoms with E-state index < -0.39 is 17.8 Å². The third-order valence-electron chi connectivity index (χ3n) is 2.96. The van der Waals surface area contributed by atoms with Crippen LogP contribution in [0.25, 0.3) is 10.9 Å². The molecule has 3 aromatic rings. The third kappa shape index (κ3) is 2.76. The van der Waals surface area contributed by atoms with Crippen LogP contribution in [-0.2, 0) is 6.18 Å². The van der Waals surface area contributed by atoms with Gasteiger partial charge in [0.2, 0.25) is 0 Å². The van der Waals surface area contributed by atoms with Crippen LogP contribution in [0.15, 0.2) is 42.6 Å². The van der Waals surface area contributed by atoms with Crippen molar-refractivity contribution in [2.75, 3.05) is 5.32 Å². The Balaban J connectivity index is 1.82. The Labute approximate surface area is 122 Å². The van der Waals surface area contributed by atoms with Crippen molar-refractivity contribution in [3.8, 4) is 0 Å². The van der Waals surface area contributed by atoms with Crippen molar-refractivity contribution in [3.63, 3.8) is 0 Å². The molecule has 8 heteroatoms. The number of alkyl halides is 3. The first kappa shape index (κ1) is 14.1. The van der Waals surface area contributed by atoms with Crippen LogP contribution in [0.3, 0.4) is 0 Å². The number of nitrogens with zero attached hydrogens (tertiary/aromatic N) is 2. The fourth-order valence-electron chi connectivity index (χ4n) is 1.92. The lowest BCUT2D eigenvalue weighted by Crippen LogP contribution is -2.12. The molecular weight excluding hydrogens is 297 g/mol. The second-order valence-corrected chi connectivity index (χ2v) is 4.54. The summed E-state index contributed by atoms with van der Waals surface area (Å²) in [6.07, 6.45) is -3.15. The maximum atomic E-state index is 12.5. The SMILES string of the molecule is O=C(Nc1cnc2ccccc2c1)c1cc(C(F)(F)F)[nH]n1. The molecule has 0 aliphatic rings. The molecular formula is C14H9F3N4O. The van der Waals surface area contributed by atoms with Crippen molar-refractivity contribution in [1.29, 1.82) is 0 Å². The summed E-state index contributed by atoms with van der Waals surface area (Å²) >= 11 is 0. The lowest BCUT2D eigenvalue weighted by Gasteiger charge is -2.04. The minimum Gasteiger partial charge on any atom is -0.319 e. The number of carbonyl (C=O) groups is 1. The fraction of sp³-hybridized carbons (Fsp3) is 0.0714. The summed E-state index contributed by atoms with van der Waals surface area (Å²) in [4.78, 5) is 16.1. The van der Waals surface area contributed by atoms with Crippen LogP contribution >= 0.6 is 0 Å². The van der Waals surface area contributed by atoms with Gasteiger partial charge in [-0.15, -0.1) is 0 Å². The number of carbonyl (C=O) groups excluding carboxylic acids is 1. The number of anilines is 1. The Morgan fingerprint density at radius 1 is 1.18 bits per heavy atom. The number of para-hydroxylation sites is 1. The molecule has 22 heavy (non-hydrogen) atoms. The monoisotopic (exact) mass is 306 g/mol. The Bertz CT molecular complexity index is 841. The number of amides is 1. The van der Waals surface area contributed by atoms with E-state index >= 15 is 0 Å². The highest BCUT2D eigenvalue weighted by molar-refractivity contribution is 6.03. The molecule has 3 rings (SSSR count). The first-order valence-electron chi connectivity index (χ1n) is 6.22. The van der Waals surface area contributed by atoms with Crippen LogP contribution in [-0.4, -0.2) is 21.1 Å². The molecule has 0 bridgehead atoms. The van der Waals surface area contributed by atoms with E-state index in [1.165, 1.54) is 6.20 Å². The topological polar surface area (TPSA) is 70.7 Å². The fourth-order valence-corrected chi connectivity index (χ4v) is 1.92. The summed E-state index contributed by atoms with van der Waals surface area (Å²) in [7, 11) is 0. The average molecular weight is 306 g/mol. The van der Waals surface area contributed by atoms with Crippen molar-refractivity contribution < 1.29 is 18.0 Å². The van der Waals surface area contributed by atoms with Crippen LogP contribution in [0.1, 0.15) is 16.2 Å². The highest BCUT2D eigenvalue weighted by Gasteiger charge is 2.33. The first-order valence-corrected chi connectivity index (χ1v) is 6.22. The van der Waals surface area contributed by atoms with Crippen LogP contribution in [0.2, 0.25) is 0 Å². The van der Waals surface area contributed by atoms with Crippen molar-refractivity contribution >= 4 is 22.5 Å². The number of aromatic amines is 1. The van der Waals surface area contributed by atoms with Gasteiger partial charge < -0.3 is 5.32 Å². The summed E-state index contributed by atoms with van der Waals surface area (Å²) in [6.45, 7) is 0. The number of fused-ring (bicyclic) bond motifs is 1. The molecule has 112 valence electrons. The lowest BCUT2D eigenvalue weighted by molar-refractivity contribution is -0.141. The summed E-state index contributed by atoms with van der Waals surface area (Å²) in [5.74, 6) is -0.746. The van der Waals surface area contributed by atoms with E-state index in [0.29, 0.717) is 11.8 Å². The van der Waals surface area contributed by atoms with Gasteiger partial charge in [0.1, 0.15) is 5.69 Å². The highest BCUT2D eigenvalue weighted by atomic mass is 19.4. The number of rotatable bonds is 2. The molecule has 0 unspecified atom stereocenters. The van der Waals surface area contributed by atoms with Crippen LogP contribution in [0.4, 0.5) is 18.9 Å². The van der Waals surface area contributed by atoms with E-state index in [4.69, 9.17) is 0 Å². The smallest absolute Gasteiger partial charge is 0.319 e. The second kappa shape index (κ2) is 5.14. The van der Waals surface area contributed by atoms with Gasteiger partial charge in [-0.25, -0.2) is 0 Å². The molecule has 0 atom stereocenters. The number of H-pyrrole nitrogens is 1. The minimum atomic E-state index is -4.57. The van der Waals surface area contributed by atoms with Gasteiger partial charge in [-0.3, -0.25) is 14.9 Å². The lowest BCUT2D eigenvalue weighted by atomic mass is 10.2. The van der Waals surface area contributed by atoms with Crippen molar-refractivity contribution in [2.45, 2.75) is 6.18 Å². The Kier molecular flexibility index (Phi) is 3.28. The van der Waals surface area contributed by atoms with Gasteiger partial charge in [0, 0.05) is 11.5 Å². The number of hydrogen-bond acceptors (Lipinski definition) is 3. The molecule has 2 aromatic heterocycles. The first-order chi connectivity index (χ1) is 10.4. The quantitative estimate of drug-likeness (QED) is 0.763. The molecule has 0 aliphatic carbocycles. The van der Waals surface area contributed by atoms with Gasteiger partial charge in [0.05, 0.1) is 17.4 Å². The normalized spacial score (nSPS) is 11.6. The second-order valence-electron chi connectivity index (χ2n) is 4.54. The summed E-state index contributed by atoms with van der Waals surface area (Å²) < 4.78 is 37.4. The Morgan fingerprint density at radius 2 is 1.95 bits per heavy atom. The average Bonchev–Trinajstić information content (AvgIpc) is 2.97. The van der Waals surface area contributed by atoms with E-state index in [9.17, 15) is 18.0 Å². The molecule has 0 saturated heterocycles. The van der Waals surface area contributed by atoms with Gasteiger partial charge in [0.15, 0.2) is 5.69 Å². The maximum Gasteiger partial charge on any atom is 0.432 e. The zero-order valence-electron chi connectivity index (χ0n) is 11.0. The van der Waals surface area contributed by atoms with Crippen molar-refractivity contribution in [2.24, 2.45) is 0 Å². The molecule has 0 radical (unpaired) electrons. The molecule has 1 aromatic carbocycles. The number of nitrogens with one attached hydrogen (secondary N) is 2. The highest BCUT2D eigenvalue weighted by Crippen LogP contribution is 2.27. The van der Waals surface area contributed by atoms with Gasteiger partial charge >= 0.3 is 6.18 Å². The third-order valence-corrected chi connectivity index (χ3v) is 2.96. The van der Waals surface area contributed by atoms with Gasteiger partial charge in [-0.05, 0) is 12.1 Å². The summed E-state index contributed by atoms with van der Waals surface area (Å²) in [5, 5.41) is 8.42. The minimum absolute atomic E-state index is 0.347. The molecule has 0 aliphatic heterocycles. The van der Waals surface area contributed by atoms with E-state index in [1.54, 1.807) is 11.2 Å². The van der Waals surface area contributed by atoms with Gasteiger partial charge in [0.25, 0.3) is 5.91 Å². The van der Waals surface area contributed by atoms with Crippen LogP contribution in [0.5, 0.6) is 0 Å². The number of pyridine rings is 1. The number of benzene rings is 1. The molecule has 1 amide bonds. The van der Waals surface area contributed by atoms with Gasteiger partial charge in [-0.1, -0.05) is 18.2 Å². The van der Waals surface area contributed by atoms with E-state index in [2.05, 4.69) is 15.4 Å².